The first-order valence-electron chi connectivity index (χ1n) is 5.06. The molecular formula is C10H16F3N3. The van der Waals surface area contributed by atoms with Crippen molar-refractivity contribution in [2.75, 3.05) is 6.54 Å². The van der Waals surface area contributed by atoms with Crippen LogP contribution in [-0.2, 0) is 7.05 Å². The highest BCUT2D eigenvalue weighted by atomic mass is 19.4. The lowest BCUT2D eigenvalue weighted by Crippen LogP contribution is -2.24. The van der Waals surface area contributed by atoms with E-state index in [1.807, 2.05) is 0 Å². The highest BCUT2D eigenvalue weighted by Gasteiger charge is 2.42. The number of nitrogens with two attached hydrogens (primary N) is 1. The van der Waals surface area contributed by atoms with Gasteiger partial charge in [0.2, 0.25) is 0 Å². The molecule has 0 saturated heterocycles. The SMILES string of the molecule is Cc1nn(C)c(C)c1C(CCN)C(F)(F)F. The monoisotopic (exact) mass is 235 g/mol. The Bertz CT molecular complexity index is 368. The van der Waals surface area contributed by atoms with E-state index in [9.17, 15) is 13.2 Å². The van der Waals surface area contributed by atoms with Gasteiger partial charge in [0.05, 0.1) is 11.6 Å². The number of alkyl halides is 3. The largest absolute Gasteiger partial charge is 0.395 e. The Labute approximate surface area is 92.4 Å². The predicted molar refractivity (Wildman–Crippen MR) is 55.1 cm³/mol. The van der Waals surface area contributed by atoms with Crippen molar-refractivity contribution in [2.45, 2.75) is 32.4 Å². The van der Waals surface area contributed by atoms with Gasteiger partial charge in [0, 0.05) is 18.3 Å². The summed E-state index contributed by atoms with van der Waals surface area (Å²) in [5.74, 6) is -1.51. The zero-order valence-electron chi connectivity index (χ0n) is 9.60. The lowest BCUT2D eigenvalue weighted by molar-refractivity contribution is -0.151. The molecule has 0 saturated carbocycles. The molecule has 0 aliphatic rings. The molecule has 1 atom stereocenters. The van der Waals surface area contributed by atoms with Crippen LogP contribution in [0.25, 0.3) is 0 Å². The summed E-state index contributed by atoms with van der Waals surface area (Å²) >= 11 is 0. The van der Waals surface area contributed by atoms with Gasteiger partial charge in [-0.25, -0.2) is 0 Å². The lowest BCUT2D eigenvalue weighted by atomic mass is 9.93. The third-order valence-corrected chi connectivity index (χ3v) is 2.76. The Morgan fingerprint density at radius 1 is 1.38 bits per heavy atom. The number of rotatable bonds is 3. The van der Waals surface area contributed by atoms with Crippen LogP contribution >= 0.6 is 0 Å². The number of nitrogens with zero attached hydrogens (tertiary/aromatic N) is 2. The molecule has 0 radical (unpaired) electrons. The first-order chi connectivity index (χ1) is 7.29. The third kappa shape index (κ3) is 2.37. The van der Waals surface area contributed by atoms with E-state index in [0.717, 1.165) is 0 Å². The van der Waals surface area contributed by atoms with Crippen LogP contribution in [0, 0.1) is 13.8 Å². The standard InChI is InChI=1S/C10H16F3N3/c1-6-9(7(2)16(3)15-6)8(4-5-14)10(11,12)13/h8H,4-5,14H2,1-3H3. The quantitative estimate of drug-likeness (QED) is 0.871. The fourth-order valence-electron chi connectivity index (χ4n) is 1.93. The van der Waals surface area contributed by atoms with Crippen molar-refractivity contribution in [3.05, 3.63) is 17.0 Å². The Kier molecular flexibility index (Phi) is 3.62. The summed E-state index contributed by atoms with van der Waals surface area (Å²) in [6.07, 6.45) is -4.37. The average Bonchev–Trinajstić information content (AvgIpc) is 2.37. The van der Waals surface area contributed by atoms with Crippen molar-refractivity contribution >= 4 is 0 Å². The molecule has 1 aromatic heterocycles. The molecule has 3 nitrogen and oxygen atoms in total. The van der Waals surface area contributed by atoms with Crippen molar-refractivity contribution in [3.8, 4) is 0 Å². The van der Waals surface area contributed by atoms with Crippen LogP contribution in [0.5, 0.6) is 0 Å². The van der Waals surface area contributed by atoms with Crippen LogP contribution in [0.15, 0.2) is 0 Å². The lowest BCUT2D eigenvalue weighted by Gasteiger charge is -2.20. The second kappa shape index (κ2) is 4.45. The van der Waals surface area contributed by atoms with Gasteiger partial charge in [-0.2, -0.15) is 18.3 Å². The normalized spacial score (nSPS) is 14.2. The Hall–Kier alpha value is -1.04. The molecule has 1 aromatic rings. The molecule has 92 valence electrons. The van der Waals surface area contributed by atoms with Crippen LogP contribution in [0.2, 0.25) is 0 Å². The van der Waals surface area contributed by atoms with Gasteiger partial charge in [-0.1, -0.05) is 0 Å². The molecule has 1 rings (SSSR count). The van der Waals surface area contributed by atoms with E-state index in [1.165, 1.54) is 4.68 Å². The van der Waals surface area contributed by atoms with E-state index >= 15 is 0 Å². The van der Waals surface area contributed by atoms with Crippen molar-refractivity contribution in [1.29, 1.82) is 0 Å². The topological polar surface area (TPSA) is 43.8 Å². The fourth-order valence-corrected chi connectivity index (χ4v) is 1.93. The summed E-state index contributed by atoms with van der Waals surface area (Å²) in [4.78, 5) is 0. The zero-order chi connectivity index (χ0) is 12.5. The number of hydrogen-bond acceptors (Lipinski definition) is 2. The number of halogens is 3. The summed E-state index contributed by atoms with van der Waals surface area (Å²) in [6.45, 7) is 3.25. The van der Waals surface area contributed by atoms with E-state index in [1.54, 1.807) is 20.9 Å². The van der Waals surface area contributed by atoms with Crippen LogP contribution < -0.4 is 5.73 Å². The van der Waals surface area contributed by atoms with E-state index < -0.39 is 12.1 Å². The highest BCUT2D eigenvalue weighted by Crippen LogP contribution is 2.39. The maximum atomic E-state index is 12.9. The third-order valence-electron chi connectivity index (χ3n) is 2.76. The molecular weight excluding hydrogens is 219 g/mol. The molecule has 1 unspecified atom stereocenters. The van der Waals surface area contributed by atoms with Gasteiger partial charge >= 0.3 is 6.18 Å². The van der Waals surface area contributed by atoms with E-state index in [-0.39, 0.29) is 18.5 Å². The van der Waals surface area contributed by atoms with Crippen molar-refractivity contribution in [1.82, 2.24) is 9.78 Å². The van der Waals surface area contributed by atoms with Gasteiger partial charge in [0.25, 0.3) is 0 Å². The van der Waals surface area contributed by atoms with Gasteiger partial charge in [-0.15, -0.1) is 0 Å². The van der Waals surface area contributed by atoms with Crippen LogP contribution in [0.3, 0.4) is 0 Å². The summed E-state index contributed by atoms with van der Waals surface area (Å²) in [6, 6.07) is 0. The second-order valence-corrected chi connectivity index (χ2v) is 3.88. The van der Waals surface area contributed by atoms with Crippen molar-refractivity contribution in [3.63, 3.8) is 0 Å². The van der Waals surface area contributed by atoms with E-state index in [2.05, 4.69) is 5.10 Å². The minimum Gasteiger partial charge on any atom is -0.330 e. The molecule has 6 heteroatoms. The van der Waals surface area contributed by atoms with Crippen molar-refractivity contribution in [2.24, 2.45) is 12.8 Å². The number of hydrogen-bond donors (Lipinski definition) is 1. The smallest absolute Gasteiger partial charge is 0.330 e. The molecule has 0 fully saturated rings. The molecule has 0 bridgehead atoms. The predicted octanol–water partition coefficient (Wildman–Crippen LogP) is 2.03. The molecule has 0 spiro atoms. The van der Waals surface area contributed by atoms with E-state index in [0.29, 0.717) is 11.4 Å². The molecule has 0 aromatic carbocycles. The molecule has 1 heterocycles. The highest BCUT2D eigenvalue weighted by molar-refractivity contribution is 5.30. The van der Waals surface area contributed by atoms with Gasteiger partial charge in [-0.3, -0.25) is 4.68 Å². The van der Waals surface area contributed by atoms with Gasteiger partial charge in [0.15, 0.2) is 0 Å². The fraction of sp³-hybridized carbons (Fsp3) is 0.700. The van der Waals surface area contributed by atoms with Gasteiger partial charge in [-0.05, 0) is 26.8 Å². The van der Waals surface area contributed by atoms with E-state index in [4.69, 9.17) is 5.73 Å². The molecule has 2 N–H and O–H groups in total. The Morgan fingerprint density at radius 3 is 2.25 bits per heavy atom. The minimum absolute atomic E-state index is 0.0119. The maximum absolute atomic E-state index is 12.9. The van der Waals surface area contributed by atoms with Gasteiger partial charge < -0.3 is 5.73 Å². The first kappa shape index (κ1) is 13.0. The van der Waals surface area contributed by atoms with Gasteiger partial charge in [0.1, 0.15) is 0 Å². The molecule has 16 heavy (non-hydrogen) atoms. The second-order valence-electron chi connectivity index (χ2n) is 3.88. The van der Waals surface area contributed by atoms with Crippen molar-refractivity contribution < 1.29 is 13.2 Å². The minimum atomic E-state index is -4.27. The first-order valence-corrected chi connectivity index (χ1v) is 5.06. The summed E-state index contributed by atoms with van der Waals surface area (Å²) in [5, 5.41) is 4.00. The van der Waals surface area contributed by atoms with Crippen LogP contribution in [-0.4, -0.2) is 22.5 Å². The Balaban J connectivity index is 3.21. The van der Waals surface area contributed by atoms with Crippen LogP contribution in [0.1, 0.15) is 29.3 Å². The number of aryl methyl sites for hydroxylation is 2. The average molecular weight is 235 g/mol. The summed E-state index contributed by atoms with van der Waals surface area (Å²) in [7, 11) is 1.64. The Morgan fingerprint density at radius 2 is 1.94 bits per heavy atom. The molecule has 0 aliphatic heterocycles. The summed E-state index contributed by atoms with van der Waals surface area (Å²) in [5.41, 5.74) is 6.48. The summed E-state index contributed by atoms with van der Waals surface area (Å²) < 4.78 is 40.1. The zero-order valence-corrected chi connectivity index (χ0v) is 9.60. The molecule has 0 amide bonds. The maximum Gasteiger partial charge on any atom is 0.395 e. The molecule has 0 aliphatic carbocycles. The van der Waals surface area contributed by atoms with Crippen LogP contribution in [0.4, 0.5) is 13.2 Å². The number of aromatic nitrogens is 2.